The molecule has 1 fully saturated rings. The number of rotatable bonds is 5. The summed E-state index contributed by atoms with van der Waals surface area (Å²) in [6.45, 7) is 1.82. The van der Waals surface area contributed by atoms with Crippen LogP contribution in [0.2, 0.25) is 0 Å². The summed E-state index contributed by atoms with van der Waals surface area (Å²) in [5.74, 6) is 1.28. The summed E-state index contributed by atoms with van der Waals surface area (Å²) in [5, 5.41) is 4.13. The van der Waals surface area contributed by atoms with E-state index < -0.39 is 0 Å². The molecule has 0 spiro atoms. The molecule has 1 atom stereocenters. The summed E-state index contributed by atoms with van der Waals surface area (Å²) in [7, 11) is 0. The van der Waals surface area contributed by atoms with E-state index in [0.717, 1.165) is 31.8 Å². The lowest BCUT2D eigenvalue weighted by molar-refractivity contribution is 0.101. The van der Waals surface area contributed by atoms with Crippen LogP contribution in [-0.2, 0) is 17.2 Å². The molecule has 84 valence electrons. The predicted molar refractivity (Wildman–Crippen MR) is 57.8 cm³/mol. The van der Waals surface area contributed by atoms with Gasteiger partial charge in [-0.05, 0) is 25.7 Å². The first-order chi connectivity index (χ1) is 7.40. The molecular weight excluding hydrogens is 214 g/mol. The van der Waals surface area contributed by atoms with Gasteiger partial charge in [0.05, 0.1) is 12.0 Å². The van der Waals surface area contributed by atoms with Gasteiger partial charge in [0.25, 0.3) is 0 Å². The number of hydrogen-bond acceptors (Lipinski definition) is 3. The molecule has 2 rings (SSSR count). The molecule has 0 radical (unpaired) electrons. The van der Waals surface area contributed by atoms with E-state index in [4.69, 9.17) is 16.3 Å². The Morgan fingerprint density at radius 1 is 1.60 bits per heavy atom. The van der Waals surface area contributed by atoms with Crippen molar-refractivity contribution in [1.82, 2.24) is 14.8 Å². The van der Waals surface area contributed by atoms with Gasteiger partial charge in [-0.15, -0.1) is 11.6 Å². The number of hydrogen-bond donors (Lipinski definition) is 0. The van der Waals surface area contributed by atoms with Crippen molar-refractivity contribution in [2.24, 2.45) is 0 Å². The van der Waals surface area contributed by atoms with Crippen LogP contribution in [-0.4, -0.2) is 27.5 Å². The second kappa shape index (κ2) is 5.47. The lowest BCUT2D eigenvalue weighted by atomic mass is 10.1. The number of nitrogens with zero attached hydrogens (tertiary/aromatic N) is 3. The van der Waals surface area contributed by atoms with Crippen LogP contribution in [0.4, 0.5) is 0 Å². The van der Waals surface area contributed by atoms with Crippen molar-refractivity contribution in [3.8, 4) is 0 Å². The topological polar surface area (TPSA) is 39.9 Å². The monoisotopic (exact) mass is 229 g/mol. The Morgan fingerprint density at radius 3 is 3.27 bits per heavy atom. The largest absolute Gasteiger partial charge is 0.378 e. The fourth-order valence-corrected chi connectivity index (χ4v) is 2.13. The third kappa shape index (κ3) is 2.92. The van der Waals surface area contributed by atoms with E-state index in [9.17, 15) is 0 Å². The molecule has 0 aliphatic carbocycles. The highest BCUT2D eigenvalue weighted by Gasteiger charge is 2.14. The van der Waals surface area contributed by atoms with Crippen LogP contribution in [0.25, 0.3) is 0 Å². The van der Waals surface area contributed by atoms with Gasteiger partial charge in [-0.2, -0.15) is 5.10 Å². The Balaban J connectivity index is 1.73. The van der Waals surface area contributed by atoms with Gasteiger partial charge in [0.2, 0.25) is 0 Å². The number of aryl methyl sites for hydroxylation is 1. The maximum absolute atomic E-state index is 5.73. The summed E-state index contributed by atoms with van der Waals surface area (Å²) in [5.41, 5.74) is 0. The van der Waals surface area contributed by atoms with E-state index in [1.807, 2.05) is 4.68 Å². The highest BCUT2D eigenvalue weighted by atomic mass is 35.5. The summed E-state index contributed by atoms with van der Waals surface area (Å²) in [6.07, 6.45) is 6.64. The maximum atomic E-state index is 5.73. The van der Waals surface area contributed by atoms with Gasteiger partial charge in [-0.1, -0.05) is 0 Å². The van der Waals surface area contributed by atoms with Crippen LogP contribution >= 0.6 is 11.6 Å². The SMILES string of the molecule is ClCc1ncnn1CCCC1CCCO1. The van der Waals surface area contributed by atoms with Crippen LogP contribution in [0.5, 0.6) is 0 Å². The Morgan fingerprint density at radius 2 is 2.53 bits per heavy atom. The Labute approximate surface area is 94.6 Å². The molecular formula is C10H16ClN3O. The number of halogens is 1. The minimum atomic E-state index is 0.430. The lowest BCUT2D eigenvalue weighted by Gasteiger charge is -2.09. The molecule has 0 N–H and O–H groups in total. The molecule has 0 bridgehead atoms. The molecule has 1 unspecified atom stereocenters. The highest BCUT2D eigenvalue weighted by Crippen LogP contribution is 2.17. The first-order valence-corrected chi connectivity index (χ1v) is 5.98. The molecule has 5 heteroatoms. The minimum Gasteiger partial charge on any atom is -0.378 e. The van der Waals surface area contributed by atoms with Crippen molar-refractivity contribution < 1.29 is 4.74 Å². The third-order valence-corrected chi connectivity index (χ3v) is 2.97. The fourth-order valence-electron chi connectivity index (χ4n) is 1.92. The second-order valence-electron chi connectivity index (χ2n) is 3.81. The van der Waals surface area contributed by atoms with Crippen molar-refractivity contribution in [3.63, 3.8) is 0 Å². The van der Waals surface area contributed by atoms with E-state index >= 15 is 0 Å². The molecule has 0 aromatic carbocycles. The van der Waals surface area contributed by atoms with Crippen LogP contribution in [0, 0.1) is 0 Å². The molecule has 1 aromatic rings. The van der Waals surface area contributed by atoms with Crippen LogP contribution in [0.3, 0.4) is 0 Å². The van der Waals surface area contributed by atoms with Crippen LogP contribution in [0.15, 0.2) is 6.33 Å². The standard InChI is InChI=1S/C10H16ClN3O/c11-7-10-12-8-13-14(10)5-1-3-9-4-2-6-15-9/h8-9H,1-7H2. The van der Waals surface area contributed by atoms with E-state index in [1.165, 1.54) is 12.8 Å². The summed E-state index contributed by atoms with van der Waals surface area (Å²) >= 11 is 5.73. The lowest BCUT2D eigenvalue weighted by Crippen LogP contribution is -2.09. The smallest absolute Gasteiger partial charge is 0.141 e. The molecule has 1 aliphatic heterocycles. The van der Waals surface area contributed by atoms with Gasteiger partial charge >= 0.3 is 0 Å². The van der Waals surface area contributed by atoms with E-state index in [2.05, 4.69) is 10.1 Å². The maximum Gasteiger partial charge on any atom is 0.141 e. The molecule has 15 heavy (non-hydrogen) atoms. The van der Waals surface area contributed by atoms with Gasteiger partial charge in [0, 0.05) is 13.2 Å². The predicted octanol–water partition coefficient (Wildman–Crippen LogP) is 1.98. The molecule has 2 heterocycles. The zero-order chi connectivity index (χ0) is 10.5. The van der Waals surface area contributed by atoms with Crippen molar-refractivity contribution >= 4 is 11.6 Å². The molecule has 1 saturated heterocycles. The van der Waals surface area contributed by atoms with Crippen molar-refractivity contribution in [2.75, 3.05) is 6.61 Å². The van der Waals surface area contributed by atoms with Gasteiger partial charge in [0.15, 0.2) is 0 Å². The first kappa shape index (κ1) is 10.9. The molecule has 4 nitrogen and oxygen atoms in total. The number of aromatic nitrogens is 3. The van der Waals surface area contributed by atoms with Gasteiger partial charge in [0.1, 0.15) is 12.2 Å². The van der Waals surface area contributed by atoms with E-state index in [1.54, 1.807) is 6.33 Å². The number of ether oxygens (including phenoxy) is 1. The zero-order valence-electron chi connectivity index (χ0n) is 8.73. The summed E-state index contributed by atoms with van der Waals surface area (Å²) in [4.78, 5) is 4.07. The van der Waals surface area contributed by atoms with Crippen molar-refractivity contribution in [3.05, 3.63) is 12.2 Å². The quantitative estimate of drug-likeness (QED) is 0.725. The Kier molecular flexibility index (Phi) is 3.97. The van der Waals surface area contributed by atoms with E-state index in [-0.39, 0.29) is 0 Å². The first-order valence-electron chi connectivity index (χ1n) is 5.44. The number of alkyl halides is 1. The normalized spacial score (nSPS) is 21.0. The zero-order valence-corrected chi connectivity index (χ0v) is 9.49. The second-order valence-corrected chi connectivity index (χ2v) is 4.08. The fraction of sp³-hybridized carbons (Fsp3) is 0.800. The van der Waals surface area contributed by atoms with Gasteiger partial charge in [-0.25, -0.2) is 9.67 Å². The molecule has 0 amide bonds. The van der Waals surface area contributed by atoms with Crippen molar-refractivity contribution in [1.29, 1.82) is 0 Å². The average molecular weight is 230 g/mol. The Hall–Kier alpha value is -0.610. The van der Waals surface area contributed by atoms with Gasteiger partial charge in [-0.3, -0.25) is 0 Å². The van der Waals surface area contributed by atoms with Crippen molar-refractivity contribution in [2.45, 2.75) is 44.2 Å². The Bertz CT molecular complexity index is 297. The third-order valence-electron chi connectivity index (χ3n) is 2.74. The highest BCUT2D eigenvalue weighted by molar-refractivity contribution is 6.16. The molecule has 0 saturated carbocycles. The molecule has 1 aromatic heterocycles. The molecule has 1 aliphatic rings. The minimum absolute atomic E-state index is 0.430. The van der Waals surface area contributed by atoms with Crippen LogP contribution < -0.4 is 0 Å². The van der Waals surface area contributed by atoms with E-state index in [0.29, 0.717) is 12.0 Å². The summed E-state index contributed by atoms with van der Waals surface area (Å²) < 4.78 is 7.43. The summed E-state index contributed by atoms with van der Waals surface area (Å²) in [6, 6.07) is 0. The van der Waals surface area contributed by atoms with Crippen LogP contribution in [0.1, 0.15) is 31.5 Å². The van der Waals surface area contributed by atoms with Gasteiger partial charge < -0.3 is 4.74 Å². The average Bonchev–Trinajstić information content (AvgIpc) is 2.88.